The third-order valence-electron chi connectivity index (χ3n) is 3.25. The molecule has 5 nitrogen and oxygen atoms in total. The number of benzene rings is 1. The average Bonchev–Trinajstić information content (AvgIpc) is 2.78. The Morgan fingerprint density at radius 2 is 1.91 bits per heavy atom. The fraction of sp³-hybridized carbons (Fsp3) is 0.462. The third kappa shape index (κ3) is 4.91. The fourth-order valence-corrected chi connectivity index (χ4v) is 4.55. The van der Waals surface area contributed by atoms with Crippen molar-refractivity contribution in [2.75, 3.05) is 24.7 Å². The summed E-state index contributed by atoms with van der Waals surface area (Å²) in [5.41, 5.74) is 0. The van der Waals surface area contributed by atoms with Crippen molar-refractivity contribution >= 4 is 50.5 Å². The van der Waals surface area contributed by atoms with Crippen molar-refractivity contribution in [2.45, 2.75) is 6.42 Å². The molecule has 1 amide bonds. The van der Waals surface area contributed by atoms with Gasteiger partial charge in [-0.25, -0.2) is 8.42 Å². The van der Waals surface area contributed by atoms with Crippen LogP contribution in [0.5, 0.6) is 5.75 Å². The van der Waals surface area contributed by atoms with Crippen LogP contribution >= 0.6 is 34.8 Å². The highest BCUT2D eigenvalue weighted by atomic mass is 35.5. The summed E-state index contributed by atoms with van der Waals surface area (Å²) in [5, 5.41) is 3.47. The lowest BCUT2D eigenvalue weighted by molar-refractivity contribution is -0.123. The van der Waals surface area contributed by atoms with Crippen LogP contribution in [0, 0.1) is 5.92 Å². The maximum Gasteiger partial charge on any atom is 0.257 e. The molecule has 1 heterocycles. The van der Waals surface area contributed by atoms with Crippen molar-refractivity contribution in [1.82, 2.24) is 5.32 Å². The van der Waals surface area contributed by atoms with Crippen LogP contribution in [0.1, 0.15) is 6.42 Å². The molecule has 1 aromatic carbocycles. The molecule has 1 unspecified atom stereocenters. The molecule has 9 heteroatoms. The summed E-state index contributed by atoms with van der Waals surface area (Å²) in [4.78, 5) is 11.7. The molecule has 1 fully saturated rings. The maximum absolute atomic E-state index is 11.7. The van der Waals surface area contributed by atoms with E-state index in [0.717, 1.165) is 0 Å². The Morgan fingerprint density at radius 1 is 1.23 bits per heavy atom. The highest BCUT2D eigenvalue weighted by molar-refractivity contribution is 7.91. The second-order valence-corrected chi connectivity index (χ2v) is 8.51. The van der Waals surface area contributed by atoms with Gasteiger partial charge in [0.2, 0.25) is 0 Å². The summed E-state index contributed by atoms with van der Waals surface area (Å²) >= 11 is 17.6. The summed E-state index contributed by atoms with van der Waals surface area (Å²) in [7, 11) is -2.94. The minimum atomic E-state index is -2.94. The summed E-state index contributed by atoms with van der Waals surface area (Å²) in [6, 6.07) is 2.87. The van der Waals surface area contributed by atoms with Crippen LogP contribution in [0.25, 0.3) is 0 Å². The summed E-state index contributed by atoms with van der Waals surface area (Å²) in [6.07, 6.45) is 0.572. The zero-order valence-corrected chi connectivity index (χ0v) is 14.5. The van der Waals surface area contributed by atoms with E-state index in [1.165, 1.54) is 12.1 Å². The summed E-state index contributed by atoms with van der Waals surface area (Å²) in [5.74, 6) is 0.166. The van der Waals surface area contributed by atoms with E-state index >= 15 is 0 Å². The van der Waals surface area contributed by atoms with E-state index in [1.54, 1.807) is 0 Å². The summed E-state index contributed by atoms with van der Waals surface area (Å²) < 4.78 is 27.9. The molecule has 2 rings (SSSR count). The lowest BCUT2D eigenvalue weighted by Crippen LogP contribution is -2.33. The molecular formula is C13H14Cl3NO4S. The van der Waals surface area contributed by atoms with Gasteiger partial charge in [-0.3, -0.25) is 4.79 Å². The average molecular weight is 387 g/mol. The van der Waals surface area contributed by atoms with Crippen LogP contribution in [0.15, 0.2) is 12.1 Å². The van der Waals surface area contributed by atoms with Gasteiger partial charge >= 0.3 is 0 Å². The third-order valence-corrected chi connectivity index (χ3v) is 6.10. The number of hydrogen-bond donors (Lipinski definition) is 1. The van der Waals surface area contributed by atoms with Gasteiger partial charge in [-0.15, -0.1) is 0 Å². The number of rotatable bonds is 5. The first kappa shape index (κ1) is 17.7. The molecule has 0 aliphatic carbocycles. The molecule has 0 radical (unpaired) electrons. The number of sulfone groups is 1. The van der Waals surface area contributed by atoms with Crippen LogP contribution in [0.2, 0.25) is 15.1 Å². The Morgan fingerprint density at radius 3 is 2.55 bits per heavy atom. The van der Waals surface area contributed by atoms with Gasteiger partial charge < -0.3 is 10.1 Å². The first-order valence-electron chi connectivity index (χ1n) is 6.51. The lowest BCUT2D eigenvalue weighted by atomic mass is 10.1. The first-order valence-corrected chi connectivity index (χ1v) is 9.47. The molecule has 22 heavy (non-hydrogen) atoms. The fourth-order valence-electron chi connectivity index (χ4n) is 2.10. The van der Waals surface area contributed by atoms with Crippen molar-refractivity contribution in [3.8, 4) is 5.75 Å². The molecule has 122 valence electrons. The molecule has 0 saturated carbocycles. The van der Waals surface area contributed by atoms with E-state index in [1.807, 2.05) is 0 Å². The predicted molar refractivity (Wildman–Crippen MR) is 86.7 cm³/mol. The van der Waals surface area contributed by atoms with E-state index < -0.39 is 9.84 Å². The standard InChI is InChI=1S/C13H14Cl3NO4S/c14-9-3-11(16)12(4-10(9)15)21-6-13(18)17-5-8-1-2-22(19,20)7-8/h3-4,8H,1-2,5-7H2,(H,17,18). The highest BCUT2D eigenvalue weighted by Crippen LogP contribution is 2.33. The van der Waals surface area contributed by atoms with E-state index in [9.17, 15) is 13.2 Å². The van der Waals surface area contributed by atoms with Crippen molar-refractivity contribution in [3.63, 3.8) is 0 Å². The normalized spacial score (nSPS) is 19.9. The number of carbonyl (C=O) groups is 1. The molecule has 1 aromatic rings. The highest BCUT2D eigenvalue weighted by Gasteiger charge is 2.27. The number of hydrogen-bond acceptors (Lipinski definition) is 4. The lowest BCUT2D eigenvalue weighted by Gasteiger charge is -2.11. The SMILES string of the molecule is O=C(COc1cc(Cl)c(Cl)cc1Cl)NCC1CCS(=O)(=O)C1. The maximum atomic E-state index is 11.7. The number of nitrogens with one attached hydrogen (secondary N) is 1. The molecule has 1 aliphatic heterocycles. The Balaban J connectivity index is 1.80. The Hall–Kier alpha value is -0.690. The van der Waals surface area contributed by atoms with Gasteiger partial charge in [0, 0.05) is 12.6 Å². The number of ether oxygens (including phenoxy) is 1. The van der Waals surface area contributed by atoms with Gasteiger partial charge in [0.15, 0.2) is 16.4 Å². The Bertz CT molecular complexity index is 678. The number of amides is 1. The number of carbonyl (C=O) groups excluding carboxylic acids is 1. The monoisotopic (exact) mass is 385 g/mol. The molecule has 1 aliphatic rings. The Kier molecular flexibility index (Phi) is 5.82. The van der Waals surface area contributed by atoms with Crippen LogP contribution in [0.4, 0.5) is 0 Å². The van der Waals surface area contributed by atoms with Crippen LogP contribution in [-0.4, -0.2) is 39.0 Å². The van der Waals surface area contributed by atoms with Crippen molar-refractivity contribution in [3.05, 3.63) is 27.2 Å². The largest absolute Gasteiger partial charge is 0.482 e. The first-order chi connectivity index (χ1) is 10.3. The van der Waals surface area contributed by atoms with Gasteiger partial charge in [-0.1, -0.05) is 34.8 Å². The molecule has 1 N–H and O–H groups in total. The summed E-state index contributed by atoms with van der Waals surface area (Å²) in [6.45, 7) is 0.0771. The molecule has 0 aromatic heterocycles. The van der Waals surface area contributed by atoms with Crippen LogP contribution < -0.4 is 10.1 Å². The number of halogens is 3. The topological polar surface area (TPSA) is 72.5 Å². The minimum Gasteiger partial charge on any atom is -0.482 e. The zero-order chi connectivity index (χ0) is 16.3. The van der Waals surface area contributed by atoms with Gasteiger partial charge in [-0.05, 0) is 18.4 Å². The molecule has 0 spiro atoms. The van der Waals surface area contributed by atoms with Crippen LogP contribution in [0.3, 0.4) is 0 Å². The molecule has 0 bridgehead atoms. The van der Waals surface area contributed by atoms with Gasteiger partial charge in [0.05, 0.1) is 26.6 Å². The molecule has 1 atom stereocenters. The van der Waals surface area contributed by atoms with Gasteiger partial charge in [0.1, 0.15) is 5.75 Å². The van der Waals surface area contributed by atoms with Gasteiger partial charge in [-0.2, -0.15) is 0 Å². The molecular weight excluding hydrogens is 373 g/mol. The van der Waals surface area contributed by atoms with Gasteiger partial charge in [0.25, 0.3) is 5.91 Å². The predicted octanol–water partition coefficient (Wildman–Crippen LogP) is 2.58. The zero-order valence-electron chi connectivity index (χ0n) is 11.4. The Labute approximate surface area is 143 Å². The van der Waals surface area contributed by atoms with E-state index in [2.05, 4.69) is 5.32 Å². The minimum absolute atomic E-state index is 0.0393. The quantitative estimate of drug-likeness (QED) is 0.790. The second kappa shape index (κ2) is 7.25. The van der Waals surface area contributed by atoms with E-state index in [4.69, 9.17) is 39.5 Å². The second-order valence-electron chi connectivity index (χ2n) is 5.06. The van der Waals surface area contributed by atoms with E-state index in [-0.39, 0.29) is 45.7 Å². The smallest absolute Gasteiger partial charge is 0.257 e. The van der Waals surface area contributed by atoms with Crippen LogP contribution in [-0.2, 0) is 14.6 Å². The van der Waals surface area contributed by atoms with Crippen molar-refractivity contribution < 1.29 is 17.9 Å². The molecule has 1 saturated heterocycles. The van der Waals surface area contributed by atoms with Crippen molar-refractivity contribution in [1.29, 1.82) is 0 Å². The van der Waals surface area contributed by atoms with E-state index in [0.29, 0.717) is 18.0 Å². The van der Waals surface area contributed by atoms with Crippen molar-refractivity contribution in [2.24, 2.45) is 5.92 Å².